The SMILES string of the molecule is CCOC(=O)C1=C(C)N=c2s/c(=C\c3ccccc3OCc3ccc(C#N)cc3)c(=O)n2[C@H]1c1cccs1. The van der Waals surface area contributed by atoms with Crippen LogP contribution in [0.15, 0.2) is 87.1 Å². The number of esters is 1. The summed E-state index contributed by atoms with van der Waals surface area (Å²) in [5.74, 6) is 0.156. The molecule has 190 valence electrons. The Kier molecular flexibility index (Phi) is 7.36. The van der Waals surface area contributed by atoms with Gasteiger partial charge in [-0.2, -0.15) is 5.26 Å². The number of ether oxygens (including phenoxy) is 2. The Bertz CT molecular complexity index is 1740. The van der Waals surface area contributed by atoms with E-state index >= 15 is 0 Å². The van der Waals surface area contributed by atoms with E-state index in [-0.39, 0.29) is 12.2 Å². The highest BCUT2D eigenvalue weighted by Crippen LogP contribution is 2.33. The lowest BCUT2D eigenvalue weighted by Crippen LogP contribution is -2.39. The molecule has 0 saturated carbocycles. The second-order valence-corrected chi connectivity index (χ2v) is 10.4. The molecule has 0 aliphatic carbocycles. The molecular weight excluding hydrogens is 518 g/mol. The predicted molar refractivity (Wildman–Crippen MR) is 147 cm³/mol. The minimum Gasteiger partial charge on any atom is -0.488 e. The number of carbonyl (C=O) groups is 1. The molecule has 2 aromatic heterocycles. The molecule has 7 nitrogen and oxygen atoms in total. The first-order chi connectivity index (χ1) is 18.5. The highest BCUT2D eigenvalue weighted by molar-refractivity contribution is 7.10. The second kappa shape index (κ2) is 11.0. The maximum Gasteiger partial charge on any atom is 0.338 e. The van der Waals surface area contributed by atoms with E-state index < -0.39 is 12.0 Å². The lowest BCUT2D eigenvalue weighted by Gasteiger charge is -2.23. The first kappa shape index (κ1) is 25.4. The summed E-state index contributed by atoms with van der Waals surface area (Å²) >= 11 is 2.76. The molecule has 1 aliphatic heterocycles. The van der Waals surface area contributed by atoms with Crippen LogP contribution in [0.3, 0.4) is 0 Å². The Morgan fingerprint density at radius 2 is 1.95 bits per heavy atom. The van der Waals surface area contributed by atoms with Crippen molar-refractivity contribution in [3.05, 3.63) is 119 Å². The summed E-state index contributed by atoms with van der Waals surface area (Å²) in [7, 11) is 0. The van der Waals surface area contributed by atoms with Gasteiger partial charge in [0.05, 0.1) is 34.0 Å². The zero-order valence-corrected chi connectivity index (χ0v) is 22.3. The van der Waals surface area contributed by atoms with Gasteiger partial charge in [-0.3, -0.25) is 9.36 Å². The third-order valence-corrected chi connectivity index (χ3v) is 7.92. The molecule has 0 amide bonds. The number of rotatable bonds is 7. The van der Waals surface area contributed by atoms with E-state index in [9.17, 15) is 9.59 Å². The molecule has 38 heavy (non-hydrogen) atoms. The fraction of sp³-hybridized carbons (Fsp3) is 0.172. The van der Waals surface area contributed by atoms with E-state index in [2.05, 4.69) is 11.1 Å². The zero-order valence-electron chi connectivity index (χ0n) is 20.7. The van der Waals surface area contributed by atoms with E-state index in [4.69, 9.17) is 14.7 Å². The third-order valence-electron chi connectivity index (χ3n) is 6.01. The van der Waals surface area contributed by atoms with Crippen molar-refractivity contribution >= 4 is 34.7 Å². The lowest BCUT2D eigenvalue weighted by atomic mass is 10.0. The van der Waals surface area contributed by atoms with Gasteiger partial charge in [0.1, 0.15) is 18.4 Å². The number of benzene rings is 2. The molecule has 4 aromatic rings. The topological polar surface area (TPSA) is 93.7 Å². The number of nitrogens with zero attached hydrogens (tertiary/aromatic N) is 3. The van der Waals surface area contributed by atoms with Gasteiger partial charge in [0.2, 0.25) is 0 Å². The fourth-order valence-corrected chi connectivity index (χ4v) is 6.08. The van der Waals surface area contributed by atoms with Gasteiger partial charge < -0.3 is 9.47 Å². The average Bonchev–Trinajstić information content (AvgIpc) is 3.56. The van der Waals surface area contributed by atoms with Crippen molar-refractivity contribution in [3.63, 3.8) is 0 Å². The molecule has 0 radical (unpaired) electrons. The maximum absolute atomic E-state index is 13.8. The molecule has 2 aromatic carbocycles. The quantitative estimate of drug-likeness (QED) is 0.325. The Morgan fingerprint density at radius 1 is 1.16 bits per heavy atom. The summed E-state index contributed by atoms with van der Waals surface area (Å²) in [5.41, 5.74) is 2.95. The molecule has 0 N–H and O–H groups in total. The van der Waals surface area contributed by atoms with Gasteiger partial charge in [-0.05, 0) is 55.1 Å². The average molecular weight is 542 g/mol. The van der Waals surface area contributed by atoms with Crippen molar-refractivity contribution in [1.29, 1.82) is 5.26 Å². The third kappa shape index (κ3) is 4.96. The largest absolute Gasteiger partial charge is 0.488 e. The maximum atomic E-state index is 13.8. The summed E-state index contributed by atoms with van der Waals surface area (Å²) in [6, 6.07) is 20.0. The van der Waals surface area contributed by atoms with Crippen molar-refractivity contribution in [1.82, 2.24) is 4.57 Å². The van der Waals surface area contributed by atoms with Crippen molar-refractivity contribution < 1.29 is 14.3 Å². The monoisotopic (exact) mass is 541 g/mol. The minimum absolute atomic E-state index is 0.233. The first-order valence-electron chi connectivity index (χ1n) is 11.9. The minimum atomic E-state index is -0.602. The first-order valence-corrected chi connectivity index (χ1v) is 13.6. The van der Waals surface area contributed by atoms with Crippen molar-refractivity contribution in [3.8, 4) is 11.8 Å². The Morgan fingerprint density at radius 3 is 2.66 bits per heavy atom. The van der Waals surface area contributed by atoms with Crippen LogP contribution < -0.4 is 19.6 Å². The number of aromatic nitrogens is 1. The van der Waals surface area contributed by atoms with Gasteiger partial charge in [-0.15, -0.1) is 11.3 Å². The van der Waals surface area contributed by atoms with Crippen LogP contribution in [-0.2, 0) is 16.1 Å². The van der Waals surface area contributed by atoms with Crippen LogP contribution >= 0.6 is 22.7 Å². The smallest absolute Gasteiger partial charge is 0.338 e. The zero-order chi connectivity index (χ0) is 26.6. The molecule has 0 unspecified atom stereocenters. The number of nitriles is 1. The number of thiophene rings is 1. The summed E-state index contributed by atoms with van der Waals surface area (Å²) in [5, 5.41) is 10.9. The van der Waals surface area contributed by atoms with Crippen molar-refractivity contribution in [2.24, 2.45) is 4.99 Å². The molecule has 0 fully saturated rings. The molecule has 0 saturated heterocycles. The van der Waals surface area contributed by atoms with Crippen molar-refractivity contribution in [2.75, 3.05) is 6.61 Å². The highest BCUT2D eigenvalue weighted by atomic mass is 32.1. The van der Waals surface area contributed by atoms with Crippen molar-refractivity contribution in [2.45, 2.75) is 26.5 Å². The fourth-order valence-electron chi connectivity index (χ4n) is 4.22. The Hall–Kier alpha value is -4.26. The molecule has 3 heterocycles. The van der Waals surface area contributed by atoms with Crippen LogP contribution in [0.25, 0.3) is 6.08 Å². The molecule has 1 aliphatic rings. The summed E-state index contributed by atoms with van der Waals surface area (Å²) in [6.45, 7) is 4.08. The summed E-state index contributed by atoms with van der Waals surface area (Å²) in [6.07, 6.45) is 1.80. The number of allylic oxidation sites excluding steroid dienone is 1. The summed E-state index contributed by atoms with van der Waals surface area (Å²) < 4.78 is 13.5. The molecular formula is C29H23N3O4S2. The number of para-hydroxylation sites is 1. The Labute approximate surface area is 226 Å². The van der Waals surface area contributed by atoms with E-state index in [1.165, 1.54) is 22.7 Å². The van der Waals surface area contributed by atoms with E-state index in [0.717, 1.165) is 16.0 Å². The Balaban J connectivity index is 1.55. The standard InChI is InChI=1S/C29H23N3O4S2/c1-3-35-28(34)25-18(2)31-29-32(26(25)23-9-6-14-37-23)27(33)24(38-29)15-21-7-4-5-8-22(21)36-17-20-12-10-19(16-30)11-13-20/h4-15,26H,3,17H2,1-2H3/b24-15-/t26-/m0/s1. The van der Waals surface area contributed by atoms with Gasteiger partial charge in [0.25, 0.3) is 5.56 Å². The van der Waals surface area contributed by atoms with Gasteiger partial charge in [0, 0.05) is 10.4 Å². The van der Waals surface area contributed by atoms with E-state index in [0.29, 0.717) is 38.5 Å². The van der Waals surface area contributed by atoms with E-state index in [1.54, 1.807) is 36.6 Å². The van der Waals surface area contributed by atoms with Gasteiger partial charge in [-0.25, -0.2) is 9.79 Å². The number of hydrogen-bond donors (Lipinski definition) is 0. The van der Waals surface area contributed by atoms with Gasteiger partial charge >= 0.3 is 5.97 Å². The van der Waals surface area contributed by atoms with Crippen LogP contribution in [0.5, 0.6) is 5.75 Å². The van der Waals surface area contributed by atoms with Crippen LogP contribution in [-0.4, -0.2) is 17.1 Å². The van der Waals surface area contributed by atoms with Crippen LogP contribution in [0.2, 0.25) is 0 Å². The van der Waals surface area contributed by atoms with Crippen LogP contribution in [0.1, 0.15) is 41.5 Å². The predicted octanol–water partition coefficient (Wildman–Crippen LogP) is 4.31. The molecule has 5 rings (SSSR count). The van der Waals surface area contributed by atoms with E-state index in [1.807, 2.05) is 53.9 Å². The number of fused-ring (bicyclic) bond motifs is 1. The van der Waals surface area contributed by atoms with Gasteiger partial charge in [-0.1, -0.05) is 47.7 Å². The number of thiazole rings is 1. The van der Waals surface area contributed by atoms with Crippen LogP contribution in [0.4, 0.5) is 0 Å². The lowest BCUT2D eigenvalue weighted by molar-refractivity contribution is -0.139. The van der Waals surface area contributed by atoms with Gasteiger partial charge in [0.15, 0.2) is 4.80 Å². The van der Waals surface area contributed by atoms with Crippen LogP contribution in [0, 0.1) is 11.3 Å². The molecule has 0 bridgehead atoms. The summed E-state index contributed by atoms with van der Waals surface area (Å²) in [4.78, 5) is 32.7. The normalized spacial score (nSPS) is 15.0. The second-order valence-electron chi connectivity index (χ2n) is 8.45. The molecule has 9 heteroatoms. The molecule has 1 atom stereocenters. The number of carbonyl (C=O) groups excluding carboxylic acids is 1. The highest BCUT2D eigenvalue weighted by Gasteiger charge is 2.33. The molecule has 0 spiro atoms. The number of hydrogen-bond acceptors (Lipinski definition) is 8.